The molecule has 2 amide bonds. The minimum atomic E-state index is 0.0515. The van der Waals surface area contributed by atoms with Crippen LogP contribution in [0.5, 0.6) is 5.75 Å². The second kappa shape index (κ2) is 87.8. The molecule has 0 unspecified atom stereocenters. The monoisotopic (exact) mass is 1980 g/mol. The van der Waals surface area contributed by atoms with Crippen molar-refractivity contribution in [2.24, 2.45) is 76.9 Å². The van der Waals surface area contributed by atoms with E-state index in [2.05, 4.69) is 408 Å². The first-order valence-corrected chi connectivity index (χ1v) is 54.1. The number of imidazole rings is 1. The molecule has 0 spiro atoms. The molecule has 0 radical (unpaired) electrons. The fraction of sp³-hybridized carbons (Fsp3) is 0.550. The number of amides is 2. The van der Waals surface area contributed by atoms with Gasteiger partial charge >= 0.3 is 6.03 Å². The van der Waals surface area contributed by atoms with Gasteiger partial charge in [0.2, 0.25) is 0 Å². The van der Waals surface area contributed by atoms with Crippen LogP contribution in [0.2, 0.25) is 0 Å². The van der Waals surface area contributed by atoms with Gasteiger partial charge in [0, 0.05) is 139 Å². The highest BCUT2D eigenvalue weighted by Gasteiger charge is 2.27. The van der Waals surface area contributed by atoms with Gasteiger partial charge < -0.3 is 32.9 Å². The van der Waals surface area contributed by atoms with Gasteiger partial charge in [0.25, 0.3) is 11.5 Å². The van der Waals surface area contributed by atoms with Crippen LogP contribution in [-0.4, -0.2) is 71.7 Å². The van der Waals surface area contributed by atoms with Crippen LogP contribution in [0.1, 0.15) is 396 Å². The first-order chi connectivity index (χ1) is 67.1. The van der Waals surface area contributed by atoms with Crippen molar-refractivity contribution in [3.05, 3.63) is 301 Å². The number of hydrogen-bond donors (Lipinski definition) is 1. The first-order valence-electron chi connectivity index (χ1n) is 54.1. The van der Waals surface area contributed by atoms with Crippen LogP contribution < -0.4 is 15.6 Å². The average molecular weight is 1990 g/mol. The fourth-order valence-corrected chi connectivity index (χ4v) is 10.1. The second-order valence-corrected chi connectivity index (χ2v) is 46.0. The molecule has 16 rings (SSSR count). The van der Waals surface area contributed by atoms with Crippen LogP contribution in [0.4, 0.5) is 4.79 Å². The predicted octanol–water partition coefficient (Wildman–Crippen LogP) is 38.6. The summed E-state index contributed by atoms with van der Waals surface area (Å²) in [5.74, 6) is 12.4. The van der Waals surface area contributed by atoms with E-state index in [9.17, 15) is 14.4 Å². The van der Waals surface area contributed by atoms with Gasteiger partial charge in [-0.3, -0.25) is 23.8 Å². The van der Waals surface area contributed by atoms with Crippen LogP contribution in [0.15, 0.2) is 267 Å². The number of rotatable bonds is 5. The Hall–Kier alpha value is -10.5. The van der Waals surface area contributed by atoms with E-state index >= 15 is 0 Å². The normalized spacial score (nSPS) is 11.0. The van der Waals surface area contributed by atoms with E-state index in [1.807, 2.05) is 212 Å². The molecular weight excluding hydrogens is 1770 g/mol. The van der Waals surface area contributed by atoms with Crippen LogP contribution in [0.3, 0.4) is 0 Å². The highest BCUT2D eigenvalue weighted by molar-refractivity contribution is 5.98. The Bertz CT molecular complexity index is 4750. The van der Waals surface area contributed by atoms with Crippen molar-refractivity contribution in [3.8, 4) is 5.75 Å². The van der Waals surface area contributed by atoms with E-state index < -0.39 is 0 Å². The molecule has 0 atom stereocenters. The molecule has 812 valence electrons. The Morgan fingerprint density at radius 1 is 0.333 bits per heavy atom. The molecule has 144 heavy (non-hydrogen) atoms. The number of nitrogens with zero attached hydrogens (tertiary/aromatic N) is 10. The Morgan fingerprint density at radius 2 is 0.743 bits per heavy atom. The third-order valence-electron chi connectivity index (χ3n) is 15.2. The van der Waals surface area contributed by atoms with Crippen LogP contribution in [0, 0.1) is 76.9 Å². The fourth-order valence-electron chi connectivity index (χ4n) is 10.1. The summed E-state index contributed by atoms with van der Waals surface area (Å²) in [6.07, 6.45) is 22.3. The summed E-state index contributed by atoms with van der Waals surface area (Å²) in [5.41, 5.74) is 10.2. The number of nitrogens with one attached hydrogen (secondary N) is 1. The van der Waals surface area contributed by atoms with Gasteiger partial charge in [0.15, 0.2) is 0 Å². The maximum absolute atomic E-state index is 11.6. The number of benzene rings is 4. The highest BCUT2D eigenvalue weighted by atomic mass is 16.5. The van der Waals surface area contributed by atoms with E-state index in [0.717, 1.165) is 136 Å². The molecule has 15 heteroatoms. The Labute approximate surface area is 884 Å². The summed E-state index contributed by atoms with van der Waals surface area (Å²) < 4.78 is 17.1. The molecule has 1 N–H and O–H groups in total. The zero-order valence-corrected chi connectivity index (χ0v) is 101. The molecule has 3 aliphatic rings. The number of carbonyl (C=O) groups excluding carboxylic acids is 2. The smallest absolute Gasteiger partial charge is 0.328 e. The first kappa shape index (κ1) is 144. The van der Waals surface area contributed by atoms with Crippen LogP contribution in [0.25, 0.3) is 33.0 Å². The number of carbonyl (C=O) groups is 2. The molecule has 15 nitrogen and oxygen atoms in total. The average Bonchev–Trinajstić information content (AvgIpc) is 1.63. The maximum Gasteiger partial charge on any atom is 0.328 e. The number of hydrogen-bond acceptors (Lipinski definition) is 7. The molecule has 4 aromatic carbocycles. The summed E-state index contributed by atoms with van der Waals surface area (Å²) in [7, 11) is 0. The quantitative estimate of drug-likeness (QED) is 0.181. The van der Waals surface area contributed by atoms with E-state index in [1.54, 1.807) is 33.8 Å². The molecule has 3 aliphatic heterocycles. The van der Waals surface area contributed by atoms with Gasteiger partial charge in [-0.05, 0) is 257 Å². The topological polar surface area (TPSA) is 143 Å². The van der Waals surface area contributed by atoms with Crippen molar-refractivity contribution in [2.45, 2.75) is 389 Å². The van der Waals surface area contributed by atoms with Crippen molar-refractivity contribution in [1.82, 2.24) is 52.5 Å². The van der Waals surface area contributed by atoms with Gasteiger partial charge in [-0.1, -0.05) is 375 Å². The molecule has 0 saturated heterocycles. The third kappa shape index (κ3) is 86.9. The van der Waals surface area contributed by atoms with Gasteiger partial charge in [-0.15, -0.1) is 0 Å². The molecule has 0 bridgehead atoms. The second-order valence-electron chi connectivity index (χ2n) is 46.0. The Morgan fingerprint density at radius 3 is 1.15 bits per heavy atom. The Balaban J connectivity index is -0.000000352. The maximum atomic E-state index is 11.6. The minimum absolute atomic E-state index is 0.0515. The molecule has 13 aromatic rings. The number of aromatic nitrogens is 9. The summed E-state index contributed by atoms with van der Waals surface area (Å²) in [4.78, 5) is 43.8. The lowest BCUT2D eigenvalue weighted by atomic mass is 10.1. The lowest BCUT2D eigenvalue weighted by Crippen LogP contribution is -2.32. The SMILES string of the molecule is CC(C)C.CC(C)C.CC(C)C.CC(C)C.CC(C)C.CC(C)C.CC(C)C.CC(C)C.CC(C)C.CC(C)C.CC(C)C.CC(C)C.CC(C)C.CC(C)N1Cc2cccn2C1=O.CC(C)c1ccn(C(C)C)c(=O)c1.CC(C)n1cc2ccccc2n1.CC(C)n1ccc2ccccc21.O=C1NCc2ccccc21.c1ccc2c(c1)CCO2.c1ccn2cccc2c1.c1ccn2ccnc2c1.c1ccncc1. The zero-order chi connectivity index (χ0) is 112. The molecule has 0 fully saturated rings. The van der Waals surface area contributed by atoms with Gasteiger partial charge in [-0.2, -0.15) is 5.10 Å². The van der Waals surface area contributed by atoms with Crippen molar-refractivity contribution in [2.75, 3.05) is 6.61 Å². The lowest BCUT2D eigenvalue weighted by molar-refractivity contribution is 0.0965. The van der Waals surface area contributed by atoms with Crippen LogP contribution in [-0.2, 0) is 19.5 Å². The summed E-state index contributed by atoms with van der Waals surface area (Å²) in [6.45, 7) is 108. The number of fused-ring (bicyclic) bond motifs is 7. The number of pyridine rings is 4. The lowest BCUT2D eigenvalue weighted by Gasteiger charge is -2.18. The molecule has 0 aliphatic carbocycles. The minimum Gasteiger partial charge on any atom is -0.493 e. The molecule has 9 aromatic heterocycles. The Kier molecular flexibility index (Phi) is 87.9. The van der Waals surface area contributed by atoms with Crippen molar-refractivity contribution in [1.29, 1.82) is 0 Å². The van der Waals surface area contributed by atoms with Gasteiger partial charge in [0.05, 0.1) is 18.7 Å². The van der Waals surface area contributed by atoms with Gasteiger partial charge in [-0.25, -0.2) is 9.78 Å². The van der Waals surface area contributed by atoms with Gasteiger partial charge in [0.1, 0.15) is 11.4 Å². The standard InChI is InChI=1S/C11H17NO.C11H13N.C10H12N2.C9H12N2O.C8H7NO.C8H7N.C8H8O.C7H6N2.C5H5N.13C4H10/c1-8(2)10-5-6-12(9(3)4)11(13)7-10;1-9(2)12-8-7-10-5-3-4-6-11(10)12;1-8(2)12-7-9-5-3-4-6-10(9)11-12;1-7(2)11-6-8-4-3-5-10(8)9(11)12;10-8-7-4-2-1-3-6(7)5-9-8;1-2-6-9-7-3-5-8(9)4-1;1-2-4-8-7(3-1)5-6-9-8;1-2-5-9-6-4-8-7(9)3-1;1-2-4-6-5-3-1;13*1-4(2)3/h5-9H,1-4H3;3-9H,1-2H3;3-8H,1-2H3;3-5,7H,6H2,1-2H3;1-4H,5H2,(H,9,10);1-7H;1-4H,5-6H2;1-6H;1-5H;13*4H,1-3H3. The summed E-state index contributed by atoms with van der Waals surface area (Å²) >= 11 is 0. The van der Waals surface area contributed by atoms with Crippen LogP contribution >= 0.6 is 0 Å². The predicted molar refractivity (Wildman–Crippen MR) is 640 cm³/mol. The summed E-state index contributed by atoms with van der Waals surface area (Å²) in [5, 5.41) is 9.71. The number of ether oxygens (including phenoxy) is 1. The van der Waals surface area contributed by atoms with Crippen molar-refractivity contribution < 1.29 is 14.3 Å². The van der Waals surface area contributed by atoms with Crippen molar-refractivity contribution >= 4 is 44.9 Å². The molecule has 12 heterocycles. The largest absolute Gasteiger partial charge is 0.493 e. The number of para-hydroxylation sites is 2. The van der Waals surface area contributed by atoms with E-state index in [0.29, 0.717) is 24.5 Å². The van der Waals surface area contributed by atoms with E-state index in [1.165, 1.54) is 27.4 Å². The molecule has 0 saturated carbocycles. The highest BCUT2D eigenvalue weighted by Crippen LogP contribution is 2.25. The summed E-state index contributed by atoms with van der Waals surface area (Å²) in [6, 6.07) is 65.8. The molecular formula is C129H217N11O4. The zero-order valence-electron chi connectivity index (χ0n) is 101. The van der Waals surface area contributed by atoms with E-state index in [-0.39, 0.29) is 29.6 Å². The van der Waals surface area contributed by atoms with E-state index in [4.69, 9.17) is 4.74 Å². The van der Waals surface area contributed by atoms with Crippen molar-refractivity contribution in [3.63, 3.8) is 0 Å². The third-order valence-corrected chi connectivity index (χ3v) is 15.2.